The Morgan fingerprint density at radius 1 is 1.45 bits per heavy atom. The number of rotatable bonds is 2. The quantitative estimate of drug-likeness (QED) is 0.824. The molecule has 0 radical (unpaired) electrons. The molecule has 1 aromatic carbocycles. The first-order valence-electron chi connectivity index (χ1n) is 6.84. The smallest absolute Gasteiger partial charge is 0.337 e. The van der Waals surface area contributed by atoms with Crippen molar-refractivity contribution in [3.8, 4) is 5.69 Å². The summed E-state index contributed by atoms with van der Waals surface area (Å²) >= 11 is 0. The summed E-state index contributed by atoms with van der Waals surface area (Å²) in [5, 5.41) is 14.7. The first-order chi connectivity index (χ1) is 10.5. The molecule has 2 heterocycles. The number of hydrogen-bond donors (Lipinski definition) is 1. The number of nitrogens with one attached hydrogen (secondary N) is 1. The van der Waals surface area contributed by atoms with Gasteiger partial charge in [0.05, 0.1) is 29.5 Å². The van der Waals surface area contributed by atoms with Crippen molar-refractivity contribution in [2.45, 2.75) is 25.8 Å². The number of amides is 1. The number of fused-ring (bicyclic) bond motifs is 3. The molecule has 22 heavy (non-hydrogen) atoms. The Morgan fingerprint density at radius 3 is 2.91 bits per heavy atom. The number of aromatic nitrogens is 4. The molecule has 1 aliphatic heterocycles. The van der Waals surface area contributed by atoms with E-state index in [0.29, 0.717) is 29.1 Å². The fourth-order valence-electron chi connectivity index (χ4n) is 2.46. The summed E-state index contributed by atoms with van der Waals surface area (Å²) in [6.07, 6.45) is 0.622. The zero-order chi connectivity index (χ0) is 15.9. The molecule has 0 fully saturated rings. The van der Waals surface area contributed by atoms with Gasteiger partial charge in [-0.05, 0) is 42.0 Å². The molecular formula is C14H15N5O3. The van der Waals surface area contributed by atoms with E-state index >= 15 is 0 Å². The molecule has 114 valence electrons. The summed E-state index contributed by atoms with van der Waals surface area (Å²) in [6.45, 7) is 3.80. The van der Waals surface area contributed by atoms with Crippen LogP contribution in [0.5, 0.6) is 0 Å². The Balaban J connectivity index is 2.26. The first-order valence-corrected chi connectivity index (χ1v) is 6.84. The van der Waals surface area contributed by atoms with Crippen LogP contribution in [0.4, 0.5) is 0 Å². The zero-order valence-electron chi connectivity index (χ0n) is 12.5. The Morgan fingerprint density at radius 2 is 2.23 bits per heavy atom. The average Bonchev–Trinajstić information content (AvgIpc) is 3.00. The van der Waals surface area contributed by atoms with Crippen LogP contribution in [0.15, 0.2) is 18.2 Å². The van der Waals surface area contributed by atoms with Crippen LogP contribution < -0.4 is 5.32 Å². The van der Waals surface area contributed by atoms with Crippen LogP contribution in [0.3, 0.4) is 0 Å². The van der Waals surface area contributed by atoms with Crippen molar-refractivity contribution >= 4 is 11.9 Å². The van der Waals surface area contributed by atoms with Crippen molar-refractivity contribution in [2.24, 2.45) is 0 Å². The molecule has 0 saturated carbocycles. The summed E-state index contributed by atoms with van der Waals surface area (Å²) in [7, 11) is 1.30. The van der Waals surface area contributed by atoms with Gasteiger partial charge in [-0.3, -0.25) is 4.79 Å². The molecule has 1 N–H and O–H groups in total. The molecule has 0 aliphatic carbocycles. The molecule has 1 aliphatic rings. The minimum absolute atomic E-state index is 0.247. The molecule has 0 bridgehead atoms. The molecule has 3 rings (SSSR count). The maximum absolute atomic E-state index is 12.5. The number of nitrogens with zero attached hydrogens (tertiary/aromatic N) is 4. The summed E-state index contributed by atoms with van der Waals surface area (Å²) in [6, 6.07) is 4.68. The Kier molecular flexibility index (Phi) is 3.16. The number of hydrogen-bond acceptors (Lipinski definition) is 6. The number of methoxy groups -OCH3 is 1. The number of tetrazole rings is 1. The largest absolute Gasteiger partial charge is 0.465 e. The van der Waals surface area contributed by atoms with Crippen LogP contribution in [0, 0.1) is 0 Å². The van der Waals surface area contributed by atoms with E-state index in [0.717, 1.165) is 0 Å². The lowest BCUT2D eigenvalue weighted by Gasteiger charge is -2.25. The highest BCUT2D eigenvalue weighted by Crippen LogP contribution is 2.30. The summed E-state index contributed by atoms with van der Waals surface area (Å²) in [5.74, 6) is -0.215. The van der Waals surface area contributed by atoms with Crippen LogP contribution in [-0.2, 0) is 10.3 Å². The molecule has 0 saturated heterocycles. The van der Waals surface area contributed by atoms with Gasteiger partial charge >= 0.3 is 5.97 Å². The number of ether oxygens (including phenoxy) is 1. The molecule has 1 atom stereocenters. The Labute approximate surface area is 126 Å². The summed E-state index contributed by atoms with van der Waals surface area (Å²) in [5.41, 5.74) is 0.497. The Hall–Kier alpha value is -2.77. The van der Waals surface area contributed by atoms with E-state index in [9.17, 15) is 9.59 Å². The minimum Gasteiger partial charge on any atom is -0.465 e. The molecule has 8 heteroatoms. The predicted octanol–water partition coefficient (Wildman–Crippen LogP) is 0.817. The maximum Gasteiger partial charge on any atom is 0.337 e. The molecular weight excluding hydrogens is 286 g/mol. The van der Waals surface area contributed by atoms with E-state index in [-0.39, 0.29) is 5.91 Å². The van der Waals surface area contributed by atoms with Crippen molar-refractivity contribution in [1.29, 1.82) is 0 Å². The summed E-state index contributed by atoms with van der Waals surface area (Å²) < 4.78 is 6.21. The van der Waals surface area contributed by atoms with Crippen LogP contribution >= 0.6 is 0 Å². The SMILES string of the molecule is CC[C@@]1(C)NC(=O)c2ccc(C(=O)OC)cc2-n2nnnc21. The second-order valence-corrected chi connectivity index (χ2v) is 5.28. The number of benzene rings is 1. The fraction of sp³-hybridized carbons (Fsp3) is 0.357. The van der Waals surface area contributed by atoms with Crippen molar-refractivity contribution in [2.75, 3.05) is 7.11 Å². The van der Waals surface area contributed by atoms with Crippen molar-refractivity contribution in [1.82, 2.24) is 25.5 Å². The van der Waals surface area contributed by atoms with E-state index in [2.05, 4.69) is 20.8 Å². The van der Waals surface area contributed by atoms with Crippen molar-refractivity contribution < 1.29 is 14.3 Å². The Bertz CT molecular complexity index is 770. The van der Waals surface area contributed by atoms with Gasteiger partial charge in [-0.1, -0.05) is 6.92 Å². The van der Waals surface area contributed by atoms with Crippen LogP contribution in [0.1, 0.15) is 46.8 Å². The van der Waals surface area contributed by atoms with E-state index in [1.807, 2.05) is 13.8 Å². The molecule has 2 aromatic rings. The minimum atomic E-state index is -0.689. The predicted molar refractivity (Wildman–Crippen MR) is 75.6 cm³/mol. The molecule has 1 amide bonds. The first kappa shape index (κ1) is 14.2. The fourth-order valence-corrected chi connectivity index (χ4v) is 2.46. The highest BCUT2D eigenvalue weighted by molar-refractivity contribution is 6.00. The van der Waals surface area contributed by atoms with E-state index in [1.54, 1.807) is 18.2 Å². The van der Waals surface area contributed by atoms with Gasteiger partial charge < -0.3 is 10.1 Å². The summed E-state index contributed by atoms with van der Waals surface area (Å²) in [4.78, 5) is 24.2. The topological polar surface area (TPSA) is 99.0 Å². The third-order valence-corrected chi connectivity index (χ3v) is 3.95. The lowest BCUT2D eigenvalue weighted by Crippen LogP contribution is -2.43. The van der Waals surface area contributed by atoms with Crippen molar-refractivity contribution in [3.05, 3.63) is 35.2 Å². The van der Waals surface area contributed by atoms with E-state index in [1.165, 1.54) is 11.8 Å². The van der Waals surface area contributed by atoms with Gasteiger partial charge in [0, 0.05) is 0 Å². The highest BCUT2D eigenvalue weighted by Gasteiger charge is 2.37. The number of carbonyl (C=O) groups is 2. The molecule has 0 spiro atoms. The normalized spacial score (nSPS) is 19.7. The third-order valence-electron chi connectivity index (χ3n) is 3.95. The van der Waals surface area contributed by atoms with Gasteiger partial charge in [0.15, 0.2) is 5.82 Å². The average molecular weight is 301 g/mol. The second-order valence-electron chi connectivity index (χ2n) is 5.28. The molecule has 0 unspecified atom stereocenters. The van der Waals surface area contributed by atoms with E-state index < -0.39 is 11.5 Å². The van der Waals surface area contributed by atoms with Gasteiger partial charge in [-0.25, -0.2) is 4.79 Å². The van der Waals surface area contributed by atoms with Gasteiger partial charge in [0.1, 0.15) is 0 Å². The lowest BCUT2D eigenvalue weighted by molar-refractivity contribution is 0.0600. The second kappa shape index (κ2) is 4.90. The lowest BCUT2D eigenvalue weighted by atomic mass is 9.98. The van der Waals surface area contributed by atoms with Crippen LogP contribution in [-0.4, -0.2) is 39.2 Å². The van der Waals surface area contributed by atoms with Crippen LogP contribution in [0.25, 0.3) is 5.69 Å². The monoisotopic (exact) mass is 301 g/mol. The van der Waals surface area contributed by atoms with Crippen LogP contribution in [0.2, 0.25) is 0 Å². The highest BCUT2D eigenvalue weighted by atomic mass is 16.5. The maximum atomic E-state index is 12.5. The van der Waals surface area contributed by atoms with E-state index in [4.69, 9.17) is 4.74 Å². The van der Waals surface area contributed by atoms with Gasteiger partial charge in [-0.2, -0.15) is 4.68 Å². The van der Waals surface area contributed by atoms with Gasteiger partial charge in [0.25, 0.3) is 5.91 Å². The molecule has 1 aromatic heterocycles. The number of carbonyl (C=O) groups excluding carboxylic acids is 2. The van der Waals surface area contributed by atoms with Gasteiger partial charge in [0.2, 0.25) is 0 Å². The molecule has 8 nitrogen and oxygen atoms in total. The van der Waals surface area contributed by atoms with Gasteiger partial charge in [-0.15, -0.1) is 5.10 Å². The zero-order valence-corrected chi connectivity index (χ0v) is 12.5. The standard InChI is InChI=1S/C14H15N5O3/c1-4-14(2)13-16-17-18-19(13)10-7-8(12(21)22-3)5-6-9(10)11(20)15-14/h5-7H,4H2,1-3H3,(H,15,20)/t14-/m1/s1. The third kappa shape index (κ3) is 1.95. The van der Waals surface area contributed by atoms with Crippen molar-refractivity contribution in [3.63, 3.8) is 0 Å². The number of esters is 1.